The van der Waals surface area contributed by atoms with Crippen LogP contribution in [-0.4, -0.2) is 15.5 Å². The Hall–Kier alpha value is -3.61. The molecule has 0 bridgehead atoms. The van der Waals surface area contributed by atoms with Crippen LogP contribution in [0.25, 0.3) is 11.0 Å². The van der Waals surface area contributed by atoms with Gasteiger partial charge in [0, 0.05) is 12.1 Å². The molecule has 1 amide bonds. The molecule has 0 saturated heterocycles. The van der Waals surface area contributed by atoms with Gasteiger partial charge in [0.05, 0.1) is 16.6 Å². The van der Waals surface area contributed by atoms with E-state index in [0.29, 0.717) is 12.2 Å². The molecule has 0 unspecified atom stereocenters. The molecule has 4 aromatic rings. The summed E-state index contributed by atoms with van der Waals surface area (Å²) >= 11 is 0. The minimum atomic E-state index is -4.47. The number of nitrogens with one attached hydrogen (secondary N) is 1. The molecule has 152 valence electrons. The van der Waals surface area contributed by atoms with Gasteiger partial charge in [0.15, 0.2) is 0 Å². The van der Waals surface area contributed by atoms with Gasteiger partial charge in [-0.25, -0.2) is 4.98 Å². The van der Waals surface area contributed by atoms with Crippen molar-refractivity contribution in [2.24, 2.45) is 0 Å². The Labute approximate surface area is 171 Å². The van der Waals surface area contributed by atoms with Crippen molar-refractivity contribution in [1.82, 2.24) is 9.55 Å². The minimum absolute atomic E-state index is 0.0566. The molecule has 0 fully saturated rings. The van der Waals surface area contributed by atoms with Crippen LogP contribution in [0.3, 0.4) is 0 Å². The van der Waals surface area contributed by atoms with Gasteiger partial charge in [-0.15, -0.1) is 0 Å². The number of hydrogen-bond donors (Lipinski definition) is 1. The third-order valence-corrected chi connectivity index (χ3v) is 4.71. The number of carbonyl (C=O) groups is 1. The first-order valence-electron chi connectivity index (χ1n) is 9.35. The van der Waals surface area contributed by atoms with Gasteiger partial charge >= 0.3 is 6.18 Å². The maximum atomic E-state index is 12.9. The number of benzene rings is 3. The van der Waals surface area contributed by atoms with E-state index in [0.717, 1.165) is 28.7 Å². The highest BCUT2D eigenvalue weighted by Crippen LogP contribution is 2.30. The SMILES string of the molecule is O=C(Cn1c(Cc2ccccc2)nc2ccccc21)Nc1cccc(C(F)(F)F)c1. The summed E-state index contributed by atoms with van der Waals surface area (Å²) in [6, 6.07) is 21.8. The van der Waals surface area contributed by atoms with Crippen molar-refractivity contribution in [2.75, 3.05) is 5.32 Å². The summed E-state index contributed by atoms with van der Waals surface area (Å²) in [5, 5.41) is 2.56. The third-order valence-electron chi connectivity index (χ3n) is 4.71. The molecule has 1 N–H and O–H groups in total. The largest absolute Gasteiger partial charge is 0.416 e. The normalized spacial score (nSPS) is 11.6. The van der Waals surface area contributed by atoms with Crippen LogP contribution in [0.2, 0.25) is 0 Å². The van der Waals surface area contributed by atoms with Crippen molar-refractivity contribution in [3.63, 3.8) is 0 Å². The van der Waals surface area contributed by atoms with Crippen molar-refractivity contribution in [2.45, 2.75) is 19.1 Å². The lowest BCUT2D eigenvalue weighted by molar-refractivity contribution is -0.137. The maximum Gasteiger partial charge on any atom is 0.416 e. The number of imidazole rings is 1. The van der Waals surface area contributed by atoms with Crippen LogP contribution in [0.4, 0.5) is 18.9 Å². The van der Waals surface area contributed by atoms with Crippen LogP contribution in [-0.2, 0) is 23.9 Å². The second-order valence-electron chi connectivity index (χ2n) is 6.89. The number of rotatable bonds is 5. The van der Waals surface area contributed by atoms with Crippen LogP contribution in [0, 0.1) is 0 Å². The standard InChI is InChI=1S/C23H18F3N3O/c24-23(25,26)17-9-6-10-18(14-17)27-22(30)15-29-20-12-5-4-11-19(20)28-21(29)13-16-7-2-1-3-8-16/h1-12,14H,13,15H2,(H,27,30). The van der Waals surface area contributed by atoms with Crippen LogP contribution < -0.4 is 5.32 Å². The maximum absolute atomic E-state index is 12.9. The monoisotopic (exact) mass is 409 g/mol. The van der Waals surface area contributed by atoms with Crippen LogP contribution in [0.5, 0.6) is 0 Å². The van der Waals surface area contributed by atoms with Crippen molar-refractivity contribution in [3.8, 4) is 0 Å². The number of halogens is 3. The zero-order valence-electron chi connectivity index (χ0n) is 15.9. The van der Waals surface area contributed by atoms with E-state index in [9.17, 15) is 18.0 Å². The second-order valence-corrected chi connectivity index (χ2v) is 6.89. The molecule has 3 aromatic carbocycles. The zero-order valence-corrected chi connectivity index (χ0v) is 15.9. The number of amides is 1. The Balaban J connectivity index is 1.60. The lowest BCUT2D eigenvalue weighted by Crippen LogP contribution is -2.20. The zero-order chi connectivity index (χ0) is 21.1. The van der Waals surface area contributed by atoms with E-state index >= 15 is 0 Å². The third kappa shape index (κ3) is 4.35. The predicted octanol–water partition coefficient (Wildman–Crippen LogP) is 5.28. The molecular weight excluding hydrogens is 391 g/mol. The van der Waals surface area contributed by atoms with E-state index in [1.54, 1.807) is 4.57 Å². The van der Waals surface area contributed by atoms with Gasteiger partial charge in [-0.3, -0.25) is 4.79 Å². The molecule has 4 rings (SSSR count). The Morgan fingerprint density at radius 1 is 0.933 bits per heavy atom. The molecule has 0 aliphatic carbocycles. The van der Waals surface area contributed by atoms with Gasteiger partial charge in [-0.1, -0.05) is 48.5 Å². The van der Waals surface area contributed by atoms with Gasteiger partial charge in [0.25, 0.3) is 0 Å². The summed E-state index contributed by atoms with van der Waals surface area (Å²) in [5.74, 6) is 0.286. The van der Waals surface area contributed by atoms with E-state index in [-0.39, 0.29) is 12.2 Å². The predicted molar refractivity (Wildman–Crippen MR) is 109 cm³/mol. The second kappa shape index (κ2) is 8.02. The molecule has 30 heavy (non-hydrogen) atoms. The van der Waals surface area contributed by atoms with Crippen molar-refractivity contribution < 1.29 is 18.0 Å². The molecule has 4 nitrogen and oxygen atoms in total. The van der Waals surface area contributed by atoms with E-state index < -0.39 is 17.6 Å². The van der Waals surface area contributed by atoms with Gasteiger partial charge in [0.1, 0.15) is 12.4 Å². The van der Waals surface area contributed by atoms with E-state index in [2.05, 4.69) is 10.3 Å². The molecule has 0 atom stereocenters. The molecule has 7 heteroatoms. The highest BCUT2D eigenvalue weighted by atomic mass is 19.4. The minimum Gasteiger partial charge on any atom is -0.325 e. The van der Waals surface area contributed by atoms with E-state index in [1.807, 2.05) is 54.6 Å². The van der Waals surface area contributed by atoms with Crippen LogP contribution in [0.1, 0.15) is 17.0 Å². The smallest absolute Gasteiger partial charge is 0.325 e. The highest BCUT2D eigenvalue weighted by Gasteiger charge is 2.30. The summed E-state index contributed by atoms with van der Waals surface area (Å²) in [7, 11) is 0. The number of hydrogen-bond acceptors (Lipinski definition) is 2. The number of anilines is 1. The fourth-order valence-electron chi connectivity index (χ4n) is 3.33. The first-order valence-corrected chi connectivity index (χ1v) is 9.35. The molecule has 0 aliphatic heterocycles. The summed E-state index contributed by atoms with van der Waals surface area (Å²) in [6.07, 6.45) is -3.93. The fraction of sp³-hybridized carbons (Fsp3) is 0.130. The quantitative estimate of drug-likeness (QED) is 0.487. The van der Waals surface area contributed by atoms with Gasteiger partial charge in [0.2, 0.25) is 5.91 Å². The molecule has 0 radical (unpaired) electrons. The molecule has 1 heterocycles. The first-order chi connectivity index (χ1) is 14.4. The number of nitrogens with zero attached hydrogens (tertiary/aromatic N) is 2. The van der Waals surface area contributed by atoms with Crippen molar-refractivity contribution in [1.29, 1.82) is 0 Å². The summed E-state index contributed by atoms with van der Waals surface area (Å²) < 4.78 is 40.6. The number of alkyl halides is 3. The van der Waals surface area contributed by atoms with Gasteiger partial charge < -0.3 is 9.88 Å². The number of aromatic nitrogens is 2. The molecule has 0 saturated carbocycles. The fourth-order valence-corrected chi connectivity index (χ4v) is 3.33. The number of fused-ring (bicyclic) bond motifs is 1. The van der Waals surface area contributed by atoms with Crippen LogP contribution >= 0.6 is 0 Å². The molecule has 0 aliphatic rings. The summed E-state index contributed by atoms with van der Waals surface area (Å²) in [6.45, 7) is -0.0566. The lowest BCUT2D eigenvalue weighted by atomic mass is 10.1. The number of para-hydroxylation sites is 2. The lowest BCUT2D eigenvalue weighted by Gasteiger charge is -2.12. The topological polar surface area (TPSA) is 46.9 Å². The van der Waals surface area contributed by atoms with Gasteiger partial charge in [-0.2, -0.15) is 13.2 Å². The summed E-state index contributed by atoms with van der Waals surface area (Å²) in [4.78, 5) is 17.3. The number of carbonyl (C=O) groups excluding carboxylic acids is 1. The Bertz CT molecular complexity index is 1180. The van der Waals surface area contributed by atoms with Gasteiger partial charge in [-0.05, 0) is 35.9 Å². The Morgan fingerprint density at radius 3 is 2.43 bits per heavy atom. The summed E-state index contributed by atoms with van der Waals surface area (Å²) in [5.41, 5.74) is 1.90. The Morgan fingerprint density at radius 2 is 1.67 bits per heavy atom. The molecule has 0 spiro atoms. The first kappa shape index (κ1) is 19.7. The molecular formula is C23H18F3N3O. The average molecular weight is 409 g/mol. The molecule has 1 aromatic heterocycles. The van der Waals surface area contributed by atoms with E-state index in [4.69, 9.17) is 0 Å². The van der Waals surface area contributed by atoms with E-state index in [1.165, 1.54) is 12.1 Å². The Kier molecular flexibility index (Phi) is 5.27. The van der Waals surface area contributed by atoms with Crippen molar-refractivity contribution >= 4 is 22.6 Å². The highest BCUT2D eigenvalue weighted by molar-refractivity contribution is 5.91. The van der Waals surface area contributed by atoms with Crippen LogP contribution in [0.15, 0.2) is 78.9 Å². The van der Waals surface area contributed by atoms with Crippen molar-refractivity contribution in [3.05, 3.63) is 95.8 Å². The average Bonchev–Trinajstić information content (AvgIpc) is 3.05.